The monoisotopic (exact) mass is 228 g/mol. The first-order valence-corrected chi connectivity index (χ1v) is 5.80. The van der Waals surface area contributed by atoms with E-state index >= 15 is 0 Å². The van der Waals surface area contributed by atoms with Gasteiger partial charge in [-0.05, 0) is 25.2 Å². The van der Waals surface area contributed by atoms with Crippen molar-refractivity contribution in [2.45, 2.75) is 38.6 Å². The number of carbonyl (C=O) groups is 2. The highest BCUT2D eigenvalue weighted by atomic mass is 16.4. The van der Waals surface area contributed by atoms with E-state index in [1.54, 1.807) is 0 Å². The number of hydrogen-bond donors (Lipinski definition) is 2. The molecular weight excluding hydrogens is 208 g/mol. The minimum atomic E-state index is -0.974. The quantitative estimate of drug-likeness (QED) is 0.662. The third-order valence-corrected chi connectivity index (χ3v) is 2.73. The Labute approximate surface area is 95.6 Å². The molecule has 0 aromatic carbocycles. The van der Waals surface area contributed by atoms with Gasteiger partial charge in [0.05, 0.1) is 6.04 Å². The van der Waals surface area contributed by atoms with E-state index in [4.69, 9.17) is 10.8 Å². The topological polar surface area (TPSA) is 83.6 Å². The summed E-state index contributed by atoms with van der Waals surface area (Å²) in [7, 11) is 0. The number of carboxylic acids is 1. The van der Waals surface area contributed by atoms with Crippen LogP contribution in [0, 0.1) is 5.92 Å². The minimum Gasteiger partial charge on any atom is -0.480 e. The zero-order valence-corrected chi connectivity index (χ0v) is 9.69. The van der Waals surface area contributed by atoms with E-state index in [1.165, 1.54) is 4.90 Å². The van der Waals surface area contributed by atoms with Crippen molar-refractivity contribution in [3.8, 4) is 0 Å². The normalized spacial score (nSPS) is 16.9. The summed E-state index contributed by atoms with van der Waals surface area (Å²) >= 11 is 0. The van der Waals surface area contributed by atoms with Gasteiger partial charge in [-0.2, -0.15) is 0 Å². The van der Waals surface area contributed by atoms with E-state index < -0.39 is 12.0 Å². The van der Waals surface area contributed by atoms with E-state index in [-0.39, 0.29) is 12.5 Å². The summed E-state index contributed by atoms with van der Waals surface area (Å²) in [6, 6.07) is -0.553. The fraction of sp³-hybridized carbons (Fsp3) is 0.818. The molecule has 1 rings (SSSR count). The molecule has 0 radical (unpaired) electrons. The molecule has 0 aliphatic heterocycles. The van der Waals surface area contributed by atoms with Crippen molar-refractivity contribution >= 4 is 11.9 Å². The average molecular weight is 228 g/mol. The molecule has 16 heavy (non-hydrogen) atoms. The van der Waals surface area contributed by atoms with E-state index in [0.717, 1.165) is 19.3 Å². The van der Waals surface area contributed by atoms with Crippen molar-refractivity contribution in [2.75, 3.05) is 13.1 Å². The second kappa shape index (κ2) is 5.84. The van der Waals surface area contributed by atoms with Crippen LogP contribution in [0.4, 0.5) is 0 Å². The molecule has 0 heterocycles. The van der Waals surface area contributed by atoms with Gasteiger partial charge in [0.2, 0.25) is 5.91 Å². The van der Waals surface area contributed by atoms with Gasteiger partial charge in [-0.15, -0.1) is 0 Å². The SMILES string of the molecule is CCC[C@@H](N)C(=O)N(CC(=O)O)CC1CC1. The molecule has 0 aromatic rings. The predicted molar refractivity (Wildman–Crippen MR) is 59.8 cm³/mol. The molecule has 0 unspecified atom stereocenters. The molecule has 5 heteroatoms. The summed E-state index contributed by atoms with van der Waals surface area (Å²) in [6.45, 7) is 2.27. The minimum absolute atomic E-state index is 0.226. The maximum absolute atomic E-state index is 11.9. The first-order chi connectivity index (χ1) is 7.54. The maximum Gasteiger partial charge on any atom is 0.323 e. The molecule has 0 aromatic heterocycles. The van der Waals surface area contributed by atoms with Crippen LogP contribution in [0.2, 0.25) is 0 Å². The second-order valence-corrected chi connectivity index (χ2v) is 4.45. The molecule has 1 fully saturated rings. The van der Waals surface area contributed by atoms with Crippen LogP contribution in [0.5, 0.6) is 0 Å². The lowest BCUT2D eigenvalue weighted by molar-refractivity contribution is -0.145. The molecule has 5 nitrogen and oxygen atoms in total. The van der Waals surface area contributed by atoms with Gasteiger partial charge in [0.1, 0.15) is 6.54 Å². The molecule has 1 aliphatic carbocycles. The number of aliphatic carboxylic acids is 1. The van der Waals surface area contributed by atoms with Gasteiger partial charge >= 0.3 is 5.97 Å². The van der Waals surface area contributed by atoms with Crippen molar-refractivity contribution in [2.24, 2.45) is 11.7 Å². The van der Waals surface area contributed by atoms with Gasteiger partial charge < -0.3 is 15.7 Å². The van der Waals surface area contributed by atoms with Gasteiger partial charge in [0, 0.05) is 6.54 Å². The van der Waals surface area contributed by atoms with Crippen molar-refractivity contribution in [1.29, 1.82) is 0 Å². The molecule has 92 valence electrons. The largest absolute Gasteiger partial charge is 0.480 e. The van der Waals surface area contributed by atoms with Gasteiger partial charge in [0.25, 0.3) is 0 Å². The van der Waals surface area contributed by atoms with Gasteiger partial charge in [0.15, 0.2) is 0 Å². The number of carbonyl (C=O) groups excluding carboxylic acids is 1. The number of carboxylic acid groups (broad SMARTS) is 1. The Bertz CT molecular complexity index is 264. The van der Waals surface area contributed by atoms with E-state index in [1.807, 2.05) is 6.92 Å². The van der Waals surface area contributed by atoms with Crippen molar-refractivity contribution < 1.29 is 14.7 Å². The summed E-state index contributed by atoms with van der Waals surface area (Å²) in [5, 5.41) is 8.74. The van der Waals surface area contributed by atoms with E-state index in [0.29, 0.717) is 18.9 Å². The Balaban J connectivity index is 2.51. The second-order valence-electron chi connectivity index (χ2n) is 4.45. The Morgan fingerprint density at radius 3 is 2.56 bits per heavy atom. The van der Waals surface area contributed by atoms with Crippen LogP contribution in [0.3, 0.4) is 0 Å². The summed E-state index contributed by atoms with van der Waals surface area (Å²) in [5.74, 6) is -0.717. The molecule has 1 amide bonds. The van der Waals surface area contributed by atoms with Crippen molar-refractivity contribution in [1.82, 2.24) is 4.90 Å². The smallest absolute Gasteiger partial charge is 0.323 e. The Morgan fingerprint density at radius 1 is 1.50 bits per heavy atom. The third kappa shape index (κ3) is 4.18. The van der Waals surface area contributed by atoms with E-state index in [2.05, 4.69) is 0 Å². The fourth-order valence-corrected chi connectivity index (χ4v) is 1.68. The lowest BCUT2D eigenvalue weighted by Gasteiger charge is -2.23. The molecular formula is C11H20N2O3. The highest BCUT2D eigenvalue weighted by Gasteiger charge is 2.29. The summed E-state index contributed by atoms with van der Waals surface area (Å²) in [6.07, 6.45) is 3.62. The van der Waals surface area contributed by atoms with Crippen LogP contribution in [0.1, 0.15) is 32.6 Å². The first-order valence-electron chi connectivity index (χ1n) is 5.80. The fourth-order valence-electron chi connectivity index (χ4n) is 1.68. The molecule has 0 saturated heterocycles. The lowest BCUT2D eigenvalue weighted by Crippen LogP contribution is -2.46. The summed E-state index contributed by atoms with van der Waals surface area (Å²) in [5.41, 5.74) is 5.72. The lowest BCUT2D eigenvalue weighted by atomic mass is 10.1. The van der Waals surface area contributed by atoms with Crippen LogP contribution < -0.4 is 5.73 Å². The van der Waals surface area contributed by atoms with Gasteiger partial charge in [-0.3, -0.25) is 9.59 Å². The number of hydrogen-bond acceptors (Lipinski definition) is 3. The van der Waals surface area contributed by atoms with Crippen LogP contribution in [0.15, 0.2) is 0 Å². The number of nitrogens with zero attached hydrogens (tertiary/aromatic N) is 1. The summed E-state index contributed by atoms with van der Waals surface area (Å²) < 4.78 is 0. The number of rotatable bonds is 7. The molecule has 0 spiro atoms. The number of amides is 1. The molecule has 0 bridgehead atoms. The van der Waals surface area contributed by atoms with Crippen LogP contribution in [-0.2, 0) is 9.59 Å². The Morgan fingerprint density at radius 2 is 2.12 bits per heavy atom. The molecule has 3 N–H and O–H groups in total. The average Bonchev–Trinajstić information content (AvgIpc) is 2.99. The predicted octanol–water partition coefficient (Wildman–Crippen LogP) is 0.437. The zero-order valence-electron chi connectivity index (χ0n) is 9.69. The molecule has 1 saturated carbocycles. The standard InChI is InChI=1S/C11H20N2O3/c1-2-3-9(12)11(16)13(7-10(14)15)6-8-4-5-8/h8-9H,2-7,12H2,1H3,(H,14,15)/t9-/m1/s1. The highest BCUT2D eigenvalue weighted by Crippen LogP contribution is 2.29. The van der Waals surface area contributed by atoms with Crippen molar-refractivity contribution in [3.63, 3.8) is 0 Å². The zero-order chi connectivity index (χ0) is 12.1. The number of nitrogens with two attached hydrogens (primary N) is 1. The highest BCUT2D eigenvalue weighted by molar-refractivity contribution is 5.85. The maximum atomic E-state index is 11.9. The van der Waals surface area contributed by atoms with Crippen LogP contribution in [0.25, 0.3) is 0 Å². The van der Waals surface area contributed by atoms with Gasteiger partial charge in [-0.25, -0.2) is 0 Å². The third-order valence-electron chi connectivity index (χ3n) is 2.73. The summed E-state index contributed by atoms with van der Waals surface area (Å²) in [4.78, 5) is 23.9. The molecule has 1 atom stereocenters. The Hall–Kier alpha value is -1.10. The van der Waals surface area contributed by atoms with Crippen LogP contribution in [-0.4, -0.2) is 41.0 Å². The van der Waals surface area contributed by atoms with E-state index in [9.17, 15) is 9.59 Å². The van der Waals surface area contributed by atoms with Gasteiger partial charge in [-0.1, -0.05) is 13.3 Å². The molecule has 1 aliphatic rings. The Kier molecular flexibility index (Phi) is 4.73. The van der Waals surface area contributed by atoms with Crippen LogP contribution >= 0.6 is 0 Å². The van der Waals surface area contributed by atoms with Crippen molar-refractivity contribution in [3.05, 3.63) is 0 Å². The first kappa shape index (κ1) is 13.0.